The largest absolute Gasteiger partial charge is 0.494 e. The maximum atomic E-state index is 5.62. The molecule has 1 aliphatic heterocycles. The average Bonchev–Trinajstić information content (AvgIpc) is 3.00. The van der Waals surface area contributed by atoms with Crippen LogP contribution in [0.15, 0.2) is 24.4 Å². The van der Waals surface area contributed by atoms with E-state index in [1.807, 2.05) is 6.92 Å². The molecule has 0 radical (unpaired) electrons. The van der Waals surface area contributed by atoms with Crippen LogP contribution in [0.4, 0.5) is 0 Å². The highest BCUT2D eigenvalue weighted by Gasteiger charge is 2.17. The number of fused-ring (bicyclic) bond motifs is 1. The van der Waals surface area contributed by atoms with E-state index in [4.69, 9.17) is 4.74 Å². The molecule has 1 aromatic heterocycles. The zero-order valence-corrected chi connectivity index (χ0v) is 11.8. The quantitative estimate of drug-likeness (QED) is 0.912. The Hall–Kier alpha value is -1.48. The van der Waals surface area contributed by atoms with Gasteiger partial charge in [0.05, 0.1) is 6.61 Å². The van der Waals surface area contributed by atoms with Crippen LogP contribution in [0.5, 0.6) is 5.75 Å². The number of hydrogen-bond acceptors (Lipinski definition) is 2. The highest BCUT2D eigenvalue weighted by molar-refractivity contribution is 5.85. The van der Waals surface area contributed by atoms with Crippen molar-refractivity contribution in [3.8, 4) is 5.75 Å². The summed E-state index contributed by atoms with van der Waals surface area (Å²) in [5.74, 6) is 0.974. The van der Waals surface area contributed by atoms with Gasteiger partial charge >= 0.3 is 0 Å². The van der Waals surface area contributed by atoms with Crippen molar-refractivity contribution in [2.24, 2.45) is 7.05 Å². The molecule has 0 saturated carbocycles. The Bertz CT molecular complexity index is 567. The third-order valence-corrected chi connectivity index (χ3v) is 3.98. The Morgan fingerprint density at radius 1 is 1.42 bits per heavy atom. The van der Waals surface area contributed by atoms with Crippen LogP contribution in [0.3, 0.4) is 0 Å². The lowest BCUT2D eigenvalue weighted by atomic mass is 10.0. The molecular formula is C16H22N2O. The van der Waals surface area contributed by atoms with Crippen LogP contribution in [0, 0.1) is 0 Å². The van der Waals surface area contributed by atoms with Gasteiger partial charge in [0.2, 0.25) is 0 Å². The molecule has 3 nitrogen and oxygen atoms in total. The molecule has 0 spiro atoms. The zero-order chi connectivity index (χ0) is 13.2. The van der Waals surface area contributed by atoms with E-state index >= 15 is 0 Å². The van der Waals surface area contributed by atoms with E-state index in [1.165, 1.54) is 35.9 Å². The van der Waals surface area contributed by atoms with Crippen molar-refractivity contribution in [2.45, 2.75) is 32.2 Å². The monoisotopic (exact) mass is 258 g/mol. The topological polar surface area (TPSA) is 26.2 Å². The van der Waals surface area contributed by atoms with Gasteiger partial charge in [0.1, 0.15) is 5.75 Å². The van der Waals surface area contributed by atoms with Crippen LogP contribution in [-0.4, -0.2) is 23.8 Å². The molecule has 19 heavy (non-hydrogen) atoms. The molecule has 0 bridgehead atoms. The summed E-state index contributed by atoms with van der Waals surface area (Å²) in [6.45, 7) is 3.91. The second-order valence-corrected chi connectivity index (χ2v) is 5.37. The third-order valence-electron chi connectivity index (χ3n) is 3.98. The molecule has 1 N–H and O–H groups in total. The van der Waals surface area contributed by atoms with Crippen LogP contribution in [0.2, 0.25) is 0 Å². The van der Waals surface area contributed by atoms with Crippen molar-refractivity contribution in [3.63, 3.8) is 0 Å². The number of aromatic nitrogens is 1. The van der Waals surface area contributed by atoms with Gasteiger partial charge in [-0.2, -0.15) is 0 Å². The molecule has 3 heteroatoms. The Labute approximate surface area is 114 Å². The van der Waals surface area contributed by atoms with E-state index in [1.54, 1.807) is 0 Å². The molecule has 102 valence electrons. The third kappa shape index (κ3) is 2.47. The summed E-state index contributed by atoms with van der Waals surface area (Å²) < 4.78 is 7.84. The van der Waals surface area contributed by atoms with Crippen LogP contribution < -0.4 is 10.1 Å². The van der Waals surface area contributed by atoms with E-state index in [0.29, 0.717) is 6.04 Å². The van der Waals surface area contributed by atoms with E-state index < -0.39 is 0 Å². The first-order valence-electron chi connectivity index (χ1n) is 7.22. The summed E-state index contributed by atoms with van der Waals surface area (Å²) in [5, 5.41) is 4.91. The molecule has 1 atom stereocenters. The van der Waals surface area contributed by atoms with Gasteiger partial charge in [-0.3, -0.25) is 0 Å². The minimum absolute atomic E-state index is 0.640. The number of rotatable bonds is 4. The molecule has 1 saturated heterocycles. The summed E-state index contributed by atoms with van der Waals surface area (Å²) in [6, 6.07) is 7.04. The first-order valence-corrected chi connectivity index (χ1v) is 7.22. The summed E-state index contributed by atoms with van der Waals surface area (Å²) in [5.41, 5.74) is 2.72. The molecular weight excluding hydrogens is 236 g/mol. The second-order valence-electron chi connectivity index (χ2n) is 5.37. The lowest BCUT2D eigenvalue weighted by Crippen LogP contribution is -2.23. The molecule has 0 aliphatic carbocycles. The standard InChI is InChI=1S/C16H22N2O/c1-3-19-14-6-7-16-15(10-14)12(11-18(16)2)9-13-5-4-8-17-13/h6-7,10-11,13,17H,3-5,8-9H2,1-2H3. The fourth-order valence-corrected chi connectivity index (χ4v) is 3.07. The number of aryl methyl sites for hydroxylation is 1. The highest BCUT2D eigenvalue weighted by Crippen LogP contribution is 2.27. The number of ether oxygens (including phenoxy) is 1. The van der Waals surface area contributed by atoms with E-state index in [2.05, 4.69) is 41.3 Å². The summed E-state index contributed by atoms with van der Waals surface area (Å²) in [6.07, 6.45) is 5.98. The van der Waals surface area contributed by atoms with Gasteiger partial charge in [-0.15, -0.1) is 0 Å². The minimum atomic E-state index is 0.640. The van der Waals surface area contributed by atoms with E-state index in [-0.39, 0.29) is 0 Å². The predicted octanol–water partition coefficient (Wildman–Crippen LogP) is 2.87. The Morgan fingerprint density at radius 2 is 2.32 bits per heavy atom. The normalized spacial score (nSPS) is 19.2. The van der Waals surface area contributed by atoms with Crippen LogP contribution >= 0.6 is 0 Å². The molecule has 0 amide bonds. The number of nitrogens with zero attached hydrogens (tertiary/aromatic N) is 1. The second kappa shape index (κ2) is 5.25. The maximum Gasteiger partial charge on any atom is 0.120 e. The molecule has 3 rings (SSSR count). The first-order chi connectivity index (χ1) is 9.28. The Kier molecular flexibility index (Phi) is 3.47. The fraction of sp³-hybridized carbons (Fsp3) is 0.500. The van der Waals surface area contributed by atoms with Crippen molar-refractivity contribution >= 4 is 10.9 Å². The van der Waals surface area contributed by atoms with Crippen molar-refractivity contribution < 1.29 is 4.74 Å². The first kappa shape index (κ1) is 12.5. The molecule has 1 unspecified atom stereocenters. The van der Waals surface area contributed by atoms with Gasteiger partial charge < -0.3 is 14.6 Å². The van der Waals surface area contributed by atoms with Gasteiger partial charge in [-0.25, -0.2) is 0 Å². The lowest BCUT2D eigenvalue weighted by Gasteiger charge is -2.09. The highest BCUT2D eigenvalue weighted by atomic mass is 16.5. The molecule has 1 aromatic carbocycles. The summed E-state index contributed by atoms with van der Waals surface area (Å²) in [7, 11) is 2.12. The number of benzene rings is 1. The maximum absolute atomic E-state index is 5.62. The van der Waals surface area contributed by atoms with Gasteiger partial charge in [0.25, 0.3) is 0 Å². The molecule has 2 aromatic rings. The minimum Gasteiger partial charge on any atom is -0.494 e. The Morgan fingerprint density at radius 3 is 3.05 bits per heavy atom. The van der Waals surface area contributed by atoms with Crippen molar-refractivity contribution in [1.29, 1.82) is 0 Å². The average molecular weight is 258 g/mol. The van der Waals surface area contributed by atoms with Crippen LogP contribution in [0.25, 0.3) is 10.9 Å². The van der Waals surface area contributed by atoms with Crippen molar-refractivity contribution in [1.82, 2.24) is 9.88 Å². The van der Waals surface area contributed by atoms with E-state index in [9.17, 15) is 0 Å². The number of nitrogens with one attached hydrogen (secondary N) is 1. The smallest absolute Gasteiger partial charge is 0.120 e. The van der Waals surface area contributed by atoms with Gasteiger partial charge in [-0.1, -0.05) is 0 Å². The summed E-state index contributed by atoms with van der Waals surface area (Å²) in [4.78, 5) is 0. The zero-order valence-electron chi connectivity index (χ0n) is 11.8. The van der Waals surface area contributed by atoms with Gasteiger partial charge in [-0.05, 0) is 56.5 Å². The predicted molar refractivity (Wildman–Crippen MR) is 78.8 cm³/mol. The fourth-order valence-electron chi connectivity index (χ4n) is 3.07. The van der Waals surface area contributed by atoms with E-state index in [0.717, 1.165) is 18.8 Å². The lowest BCUT2D eigenvalue weighted by molar-refractivity contribution is 0.340. The molecule has 1 aliphatic rings. The van der Waals surface area contributed by atoms with Crippen LogP contribution in [-0.2, 0) is 13.5 Å². The number of hydrogen-bond donors (Lipinski definition) is 1. The SMILES string of the molecule is CCOc1ccc2c(c1)c(CC1CCCN1)cn2C. The molecule has 2 heterocycles. The Balaban J connectivity index is 1.95. The van der Waals surface area contributed by atoms with Crippen molar-refractivity contribution in [3.05, 3.63) is 30.0 Å². The van der Waals surface area contributed by atoms with Crippen LogP contribution in [0.1, 0.15) is 25.3 Å². The van der Waals surface area contributed by atoms with Gasteiger partial charge in [0.15, 0.2) is 0 Å². The van der Waals surface area contributed by atoms with Gasteiger partial charge in [0, 0.05) is 30.2 Å². The molecule has 1 fully saturated rings. The summed E-state index contributed by atoms with van der Waals surface area (Å²) >= 11 is 0. The van der Waals surface area contributed by atoms with Crippen molar-refractivity contribution in [2.75, 3.05) is 13.2 Å².